The average molecular weight is 478 g/mol. The van der Waals surface area contributed by atoms with Crippen LogP contribution in [0.5, 0.6) is 0 Å². The minimum atomic E-state index is -5.85. The minimum absolute atomic E-state index is 0. The van der Waals surface area contributed by atoms with Gasteiger partial charge in [0.05, 0.1) is 20.8 Å². The third kappa shape index (κ3) is 5.96. The first-order chi connectivity index (χ1) is 12.5. The molecule has 1 saturated heterocycles. The van der Waals surface area contributed by atoms with Crippen LogP contribution in [-0.4, -0.2) is 54.7 Å². The summed E-state index contributed by atoms with van der Waals surface area (Å²) in [4.78, 5) is 43.7. The summed E-state index contributed by atoms with van der Waals surface area (Å²) in [7, 11) is -11.4. The third-order valence-electron chi connectivity index (χ3n) is 3.60. The molecule has 3 heterocycles. The maximum atomic E-state index is 11.3. The van der Waals surface area contributed by atoms with Crippen molar-refractivity contribution in [3.8, 4) is 0 Å². The topological polar surface area (TPSA) is 351 Å². The Morgan fingerprint density at radius 2 is 1.77 bits per heavy atom. The van der Waals surface area contributed by atoms with E-state index in [9.17, 15) is 34.0 Å². The number of anilines is 1. The van der Waals surface area contributed by atoms with Crippen molar-refractivity contribution in [2.45, 2.75) is 24.5 Å². The second-order valence-corrected chi connectivity index (χ2v) is 8.10. The van der Waals surface area contributed by atoms with E-state index in [0.717, 1.165) is 6.33 Å². The molecule has 0 aromatic carbocycles. The van der Waals surface area contributed by atoms with E-state index in [4.69, 9.17) is 10.5 Å². The monoisotopic (exact) mass is 478 g/mol. The summed E-state index contributed by atoms with van der Waals surface area (Å²) in [6.07, 6.45) is -3.48. The molecule has 174 valence electrons. The van der Waals surface area contributed by atoms with Gasteiger partial charge < -0.3 is 62.9 Å². The smallest absolute Gasteiger partial charge is 0.271 e. The van der Waals surface area contributed by atoms with Crippen molar-refractivity contribution in [1.82, 2.24) is 38.0 Å². The standard InChI is InChI=1S/C10H15N5O10P2.3H3N/c11-8-5-9(13-2-12-8)15(3-14-5)10-7(17)6(16)4(24-10)1-23-27(21,22)25-26(18,19)20;;;/h2-4,6-7,10,16-17H,1H2,(H,21,22)(H2,11,12,13)(H2,18,19,20);3*1H3/t4-,6-,7-,10-;;;/m1.../s1. The van der Waals surface area contributed by atoms with E-state index in [1.54, 1.807) is 0 Å². The van der Waals surface area contributed by atoms with Gasteiger partial charge in [-0.2, -0.15) is 0 Å². The van der Waals surface area contributed by atoms with Crippen LogP contribution >= 0.6 is 15.6 Å². The molecule has 0 aliphatic carbocycles. The highest BCUT2D eigenvalue weighted by Gasteiger charge is 2.44. The number of rotatable bonds is 6. The summed E-state index contributed by atoms with van der Waals surface area (Å²) in [5, 5.41) is 20.2. The number of nitrogens with two attached hydrogens (primary N) is 1. The Kier molecular flexibility index (Phi) is 9.57. The SMILES string of the molecule is Nc1ncnc2c1ncn2[C@@H]1O[C@H](COP(=O)([O-])OP(=O)([O-])[O-])[C@@H](O)[C@H]1O.[NH4+].[NH4+].[NH4+]. The second-order valence-electron chi connectivity index (χ2n) is 5.40. The van der Waals surface area contributed by atoms with Gasteiger partial charge in [-0.05, 0) is 0 Å². The van der Waals surface area contributed by atoms with Gasteiger partial charge in [0.2, 0.25) is 0 Å². The zero-order valence-corrected chi connectivity index (χ0v) is 17.9. The van der Waals surface area contributed by atoms with E-state index >= 15 is 0 Å². The van der Waals surface area contributed by atoms with Crippen LogP contribution in [0.15, 0.2) is 12.7 Å². The Labute approximate surface area is 168 Å². The van der Waals surface area contributed by atoms with E-state index in [1.165, 1.54) is 10.9 Å². The van der Waals surface area contributed by atoms with Gasteiger partial charge in [0.15, 0.2) is 17.7 Å². The highest BCUT2D eigenvalue weighted by Crippen LogP contribution is 2.50. The lowest BCUT2D eigenvalue weighted by atomic mass is 10.1. The Morgan fingerprint density at radius 1 is 1.13 bits per heavy atom. The fourth-order valence-corrected chi connectivity index (χ4v) is 3.96. The Bertz CT molecular complexity index is 939. The van der Waals surface area contributed by atoms with Crippen molar-refractivity contribution in [2.24, 2.45) is 0 Å². The molecule has 5 atom stereocenters. The van der Waals surface area contributed by atoms with Gasteiger partial charge in [0.1, 0.15) is 30.2 Å². The quantitative estimate of drug-likeness (QED) is 0.233. The van der Waals surface area contributed by atoms with Crippen molar-refractivity contribution < 1.29 is 47.6 Å². The van der Waals surface area contributed by atoms with Gasteiger partial charge in [-0.25, -0.2) is 15.0 Å². The van der Waals surface area contributed by atoms with Gasteiger partial charge in [0, 0.05) is 0 Å². The van der Waals surface area contributed by atoms with Crippen LogP contribution in [-0.2, 0) is 22.7 Å². The molecule has 0 bridgehead atoms. The first kappa shape index (κ1) is 28.4. The number of aliphatic hydroxyl groups is 2. The van der Waals surface area contributed by atoms with Crippen LogP contribution in [0.4, 0.5) is 5.82 Å². The summed E-state index contributed by atoms with van der Waals surface area (Å²) in [5.74, 6) is 0.0655. The molecule has 2 aromatic heterocycles. The molecule has 20 heteroatoms. The van der Waals surface area contributed by atoms with Gasteiger partial charge in [-0.15, -0.1) is 0 Å². The molecule has 1 fully saturated rings. The number of aromatic nitrogens is 4. The maximum absolute atomic E-state index is 11.3. The number of fused-ring (bicyclic) bond motifs is 1. The number of hydrogen-bond donors (Lipinski definition) is 6. The van der Waals surface area contributed by atoms with E-state index in [0.29, 0.717) is 0 Å². The van der Waals surface area contributed by atoms with E-state index in [-0.39, 0.29) is 35.4 Å². The normalized spacial score (nSPS) is 25.6. The fraction of sp³-hybridized carbons (Fsp3) is 0.500. The maximum Gasteiger partial charge on any atom is 0.271 e. The summed E-state index contributed by atoms with van der Waals surface area (Å²) in [5.41, 5.74) is 6.04. The number of nitrogens with zero attached hydrogens (tertiary/aromatic N) is 4. The molecule has 0 radical (unpaired) electrons. The van der Waals surface area contributed by atoms with Crippen molar-refractivity contribution in [1.29, 1.82) is 0 Å². The number of imidazole rings is 1. The first-order valence-corrected chi connectivity index (χ1v) is 10.0. The second kappa shape index (κ2) is 10.1. The lowest BCUT2D eigenvalue weighted by molar-refractivity contribution is -0.339. The Morgan fingerprint density at radius 3 is 2.37 bits per heavy atom. The zero-order chi connectivity index (χ0) is 20.0. The molecule has 0 amide bonds. The number of phosphoric acid groups is 2. The Balaban J connectivity index is 0.00000280. The van der Waals surface area contributed by atoms with Gasteiger partial charge in [-0.3, -0.25) is 13.4 Å². The highest BCUT2D eigenvalue weighted by atomic mass is 31.3. The number of hydrogen-bond acceptors (Lipinski definition) is 14. The summed E-state index contributed by atoms with van der Waals surface area (Å²) < 4.78 is 35.7. The summed E-state index contributed by atoms with van der Waals surface area (Å²) >= 11 is 0. The zero-order valence-electron chi connectivity index (χ0n) is 16.1. The van der Waals surface area contributed by atoms with Crippen molar-refractivity contribution >= 4 is 32.6 Å². The predicted molar refractivity (Wildman–Crippen MR) is 95.9 cm³/mol. The number of phosphoric ester groups is 1. The molecule has 2 aromatic rings. The molecule has 1 aliphatic rings. The lowest BCUT2D eigenvalue weighted by Crippen LogP contribution is -2.34. The van der Waals surface area contributed by atoms with Crippen LogP contribution in [0.25, 0.3) is 11.2 Å². The van der Waals surface area contributed by atoms with Crippen LogP contribution < -0.4 is 38.9 Å². The van der Waals surface area contributed by atoms with Crippen molar-refractivity contribution in [2.75, 3.05) is 12.3 Å². The van der Waals surface area contributed by atoms with Crippen molar-refractivity contribution in [3.63, 3.8) is 0 Å². The largest absolute Gasteiger partial charge is 0.790 e. The fourth-order valence-electron chi connectivity index (χ4n) is 2.46. The summed E-state index contributed by atoms with van der Waals surface area (Å²) in [6.45, 7) is -0.931. The van der Waals surface area contributed by atoms with Crippen LogP contribution in [0, 0.1) is 0 Å². The van der Waals surface area contributed by atoms with E-state index in [2.05, 4.69) is 23.8 Å². The highest BCUT2D eigenvalue weighted by molar-refractivity contribution is 7.58. The van der Waals surface area contributed by atoms with Crippen LogP contribution in [0.3, 0.4) is 0 Å². The molecule has 16 N–H and O–H groups in total. The summed E-state index contributed by atoms with van der Waals surface area (Å²) in [6, 6.07) is 0. The average Bonchev–Trinajstić information content (AvgIpc) is 3.07. The number of aliphatic hydroxyl groups excluding tert-OH is 2. The molecule has 1 aliphatic heterocycles. The molecule has 0 saturated carbocycles. The van der Waals surface area contributed by atoms with Crippen LogP contribution in [0.2, 0.25) is 0 Å². The van der Waals surface area contributed by atoms with Gasteiger partial charge in [0.25, 0.3) is 7.82 Å². The van der Waals surface area contributed by atoms with E-state index < -0.39 is 46.8 Å². The molecule has 18 nitrogen and oxygen atoms in total. The number of ether oxygens (including phenoxy) is 1. The van der Waals surface area contributed by atoms with Gasteiger partial charge in [-0.1, -0.05) is 0 Å². The lowest BCUT2D eigenvalue weighted by Gasteiger charge is -2.35. The number of nitrogen functional groups attached to an aromatic ring is 1. The molecule has 30 heavy (non-hydrogen) atoms. The molecular formula is C10H24N8O10P2. The van der Waals surface area contributed by atoms with Gasteiger partial charge >= 0.3 is 0 Å². The molecule has 0 spiro atoms. The molecule has 1 unspecified atom stereocenters. The molecule has 3 rings (SSSR count). The number of quaternary nitrogens is 3. The van der Waals surface area contributed by atoms with Crippen molar-refractivity contribution in [3.05, 3.63) is 12.7 Å². The first-order valence-electron chi connectivity index (χ1n) is 7.12. The van der Waals surface area contributed by atoms with E-state index in [1.807, 2.05) is 0 Å². The molecular weight excluding hydrogens is 454 g/mol. The third-order valence-corrected chi connectivity index (χ3v) is 5.66. The van der Waals surface area contributed by atoms with Crippen LogP contribution in [0.1, 0.15) is 6.23 Å². The minimum Gasteiger partial charge on any atom is -0.790 e. The predicted octanol–water partition coefficient (Wildman–Crippen LogP) is -2.51. The Hall–Kier alpha value is -1.63.